The Balaban J connectivity index is 2.08. The Labute approximate surface area is 124 Å². The van der Waals surface area contributed by atoms with E-state index in [1.54, 1.807) is 17.9 Å². The topological polar surface area (TPSA) is 62.1 Å². The molecular formula is C14H13F3N2O3. The fraction of sp³-hybridized carbons (Fsp3) is 0.286. The molecule has 118 valence electrons. The molecule has 0 unspecified atom stereocenters. The third kappa shape index (κ3) is 4.24. The van der Waals surface area contributed by atoms with Crippen molar-refractivity contribution in [2.24, 2.45) is 4.99 Å². The van der Waals surface area contributed by atoms with Crippen molar-refractivity contribution < 1.29 is 27.8 Å². The van der Waals surface area contributed by atoms with Gasteiger partial charge in [0.15, 0.2) is 0 Å². The van der Waals surface area contributed by atoms with Crippen LogP contribution in [-0.2, 0) is 11.3 Å². The highest BCUT2D eigenvalue weighted by Gasteiger charge is 2.31. The first-order valence-electron chi connectivity index (χ1n) is 6.30. The number of carboxylic acid groups (broad SMARTS) is 1. The number of aliphatic carboxylic acids is 1. The summed E-state index contributed by atoms with van der Waals surface area (Å²) in [5, 5.41) is 8.86. The third-order valence-corrected chi connectivity index (χ3v) is 2.98. The first-order valence-corrected chi connectivity index (χ1v) is 6.30. The molecule has 0 aromatic heterocycles. The number of carboxylic acids is 1. The second kappa shape index (κ2) is 6.08. The third-order valence-electron chi connectivity index (χ3n) is 2.98. The molecule has 0 bridgehead atoms. The van der Waals surface area contributed by atoms with Crippen LogP contribution in [0, 0.1) is 0 Å². The summed E-state index contributed by atoms with van der Waals surface area (Å²) in [5.41, 5.74) is 1.24. The van der Waals surface area contributed by atoms with E-state index in [0.717, 1.165) is 0 Å². The van der Waals surface area contributed by atoms with Gasteiger partial charge in [0.25, 0.3) is 0 Å². The van der Waals surface area contributed by atoms with Crippen LogP contribution >= 0.6 is 0 Å². The van der Waals surface area contributed by atoms with E-state index in [1.165, 1.54) is 24.3 Å². The van der Waals surface area contributed by atoms with Gasteiger partial charge in [-0.1, -0.05) is 12.1 Å². The van der Waals surface area contributed by atoms with Gasteiger partial charge in [-0.2, -0.15) is 0 Å². The highest BCUT2D eigenvalue weighted by molar-refractivity contribution is 6.40. The molecule has 5 nitrogen and oxygen atoms in total. The summed E-state index contributed by atoms with van der Waals surface area (Å²) in [6, 6.07) is 5.63. The van der Waals surface area contributed by atoms with Gasteiger partial charge < -0.3 is 14.7 Å². The van der Waals surface area contributed by atoms with Crippen molar-refractivity contribution in [1.29, 1.82) is 0 Å². The van der Waals surface area contributed by atoms with E-state index in [0.29, 0.717) is 17.8 Å². The van der Waals surface area contributed by atoms with Gasteiger partial charge in [-0.25, -0.2) is 4.79 Å². The molecule has 1 aromatic rings. The monoisotopic (exact) mass is 314 g/mol. The van der Waals surface area contributed by atoms with Crippen LogP contribution in [0.3, 0.4) is 0 Å². The molecule has 0 fully saturated rings. The number of nitrogens with zero attached hydrogens (tertiary/aromatic N) is 2. The maximum absolute atomic E-state index is 12.2. The van der Waals surface area contributed by atoms with Crippen LogP contribution in [0.1, 0.15) is 12.5 Å². The second-order valence-corrected chi connectivity index (χ2v) is 4.67. The van der Waals surface area contributed by atoms with Gasteiger partial charge in [-0.3, -0.25) is 4.99 Å². The molecule has 0 radical (unpaired) electrons. The standard InChI is InChI=1S/C14H13F3N2O3/c1-9-5-12(13(20)21)18-8-19(9)7-10-3-2-4-11(6-10)22-14(15,16)17/h2-6H,7-8H2,1H3,(H,20,21). The molecule has 1 aromatic carbocycles. The lowest BCUT2D eigenvalue weighted by molar-refractivity contribution is -0.274. The molecule has 1 heterocycles. The molecule has 2 rings (SSSR count). The second-order valence-electron chi connectivity index (χ2n) is 4.67. The Kier molecular flexibility index (Phi) is 4.39. The van der Waals surface area contributed by atoms with Crippen molar-refractivity contribution in [3.8, 4) is 5.75 Å². The summed E-state index contributed by atoms with van der Waals surface area (Å²) in [7, 11) is 0. The fourth-order valence-electron chi connectivity index (χ4n) is 1.97. The van der Waals surface area contributed by atoms with Crippen LogP contribution in [0.25, 0.3) is 0 Å². The number of carbonyl (C=O) groups is 1. The van der Waals surface area contributed by atoms with Crippen LogP contribution in [0.15, 0.2) is 41.0 Å². The van der Waals surface area contributed by atoms with Crippen LogP contribution in [0.5, 0.6) is 5.75 Å². The summed E-state index contributed by atoms with van der Waals surface area (Å²) in [6.45, 7) is 2.15. The van der Waals surface area contributed by atoms with Crippen LogP contribution in [0.2, 0.25) is 0 Å². The molecule has 1 aliphatic heterocycles. The van der Waals surface area contributed by atoms with E-state index in [1.807, 2.05) is 0 Å². The van der Waals surface area contributed by atoms with E-state index < -0.39 is 12.3 Å². The van der Waals surface area contributed by atoms with E-state index in [9.17, 15) is 18.0 Å². The quantitative estimate of drug-likeness (QED) is 0.928. The van der Waals surface area contributed by atoms with Crippen molar-refractivity contribution in [1.82, 2.24) is 4.90 Å². The van der Waals surface area contributed by atoms with E-state index in [2.05, 4.69) is 9.73 Å². The molecule has 0 amide bonds. The van der Waals surface area contributed by atoms with E-state index >= 15 is 0 Å². The number of alkyl halides is 3. The zero-order valence-corrected chi connectivity index (χ0v) is 11.6. The van der Waals surface area contributed by atoms with Gasteiger partial charge in [0.05, 0.1) is 0 Å². The smallest absolute Gasteiger partial charge is 0.477 e. The molecule has 8 heteroatoms. The number of halogens is 3. The summed E-state index contributed by atoms with van der Waals surface area (Å²) in [4.78, 5) is 16.5. The van der Waals surface area contributed by atoms with Crippen molar-refractivity contribution in [2.45, 2.75) is 19.8 Å². The Morgan fingerprint density at radius 1 is 1.45 bits per heavy atom. The average Bonchev–Trinajstić information content (AvgIpc) is 2.39. The minimum absolute atomic E-state index is 0.0390. The molecule has 1 aliphatic rings. The number of benzene rings is 1. The Morgan fingerprint density at radius 3 is 2.77 bits per heavy atom. The molecule has 0 saturated carbocycles. The number of hydrogen-bond donors (Lipinski definition) is 1. The van der Waals surface area contributed by atoms with E-state index in [4.69, 9.17) is 5.11 Å². The number of allylic oxidation sites excluding steroid dienone is 1. The molecule has 22 heavy (non-hydrogen) atoms. The summed E-state index contributed by atoms with van der Waals surface area (Å²) >= 11 is 0. The van der Waals surface area contributed by atoms with Crippen molar-refractivity contribution in [3.63, 3.8) is 0 Å². The molecule has 0 spiro atoms. The minimum Gasteiger partial charge on any atom is -0.477 e. The van der Waals surface area contributed by atoms with Crippen molar-refractivity contribution in [2.75, 3.05) is 6.67 Å². The van der Waals surface area contributed by atoms with Gasteiger partial charge >= 0.3 is 12.3 Å². The van der Waals surface area contributed by atoms with Crippen molar-refractivity contribution >= 4 is 11.7 Å². The predicted molar refractivity (Wildman–Crippen MR) is 72.4 cm³/mol. The Hall–Kier alpha value is -2.51. The highest BCUT2D eigenvalue weighted by Crippen LogP contribution is 2.24. The van der Waals surface area contributed by atoms with Gasteiger partial charge in [0.1, 0.15) is 18.1 Å². The van der Waals surface area contributed by atoms with Gasteiger partial charge in [-0.15, -0.1) is 13.2 Å². The lowest BCUT2D eigenvalue weighted by Crippen LogP contribution is -2.28. The van der Waals surface area contributed by atoms with Gasteiger partial charge in [0, 0.05) is 12.2 Å². The highest BCUT2D eigenvalue weighted by atomic mass is 19.4. The molecule has 1 N–H and O–H groups in total. The average molecular weight is 314 g/mol. The van der Waals surface area contributed by atoms with Crippen molar-refractivity contribution in [3.05, 3.63) is 41.6 Å². The van der Waals surface area contributed by atoms with Crippen LogP contribution in [-0.4, -0.2) is 34.7 Å². The van der Waals surface area contributed by atoms with Gasteiger partial charge in [0.2, 0.25) is 0 Å². The summed E-state index contributed by atoms with van der Waals surface area (Å²) in [6.07, 6.45) is -3.32. The SMILES string of the molecule is CC1=CC(C(=O)O)=NCN1Cc1cccc(OC(F)(F)F)c1. The zero-order chi connectivity index (χ0) is 16.3. The van der Waals surface area contributed by atoms with Crippen LogP contribution < -0.4 is 4.74 Å². The molecule has 0 saturated heterocycles. The summed E-state index contributed by atoms with van der Waals surface area (Å²) < 4.78 is 40.5. The number of hydrogen-bond acceptors (Lipinski definition) is 4. The predicted octanol–water partition coefficient (Wildman–Crippen LogP) is 2.79. The van der Waals surface area contributed by atoms with Gasteiger partial charge in [-0.05, 0) is 30.7 Å². The molecular weight excluding hydrogens is 301 g/mol. The number of rotatable bonds is 4. The largest absolute Gasteiger partial charge is 0.573 e. The lowest BCUT2D eigenvalue weighted by Gasteiger charge is -2.26. The zero-order valence-electron chi connectivity index (χ0n) is 11.6. The number of ether oxygens (including phenoxy) is 1. The maximum atomic E-state index is 12.2. The molecule has 0 aliphatic carbocycles. The molecule has 0 atom stereocenters. The minimum atomic E-state index is -4.74. The lowest BCUT2D eigenvalue weighted by atomic mass is 10.1. The van der Waals surface area contributed by atoms with E-state index in [-0.39, 0.29) is 18.1 Å². The normalized spacial score (nSPS) is 15.2. The Bertz CT molecular complexity index is 638. The first-order chi connectivity index (χ1) is 10.2. The van der Waals surface area contributed by atoms with Crippen LogP contribution in [0.4, 0.5) is 13.2 Å². The number of aliphatic imine (C=N–C) groups is 1. The first kappa shape index (κ1) is 15.9. The fourth-order valence-corrected chi connectivity index (χ4v) is 1.97. The summed E-state index contributed by atoms with van der Waals surface area (Å²) in [5.74, 6) is -1.40. The maximum Gasteiger partial charge on any atom is 0.573 e. The Morgan fingerprint density at radius 2 is 2.18 bits per heavy atom.